The second kappa shape index (κ2) is 6.34. The van der Waals surface area contributed by atoms with Crippen LogP contribution in [0.3, 0.4) is 0 Å². The van der Waals surface area contributed by atoms with Gasteiger partial charge in [0.25, 0.3) is 0 Å². The minimum absolute atomic E-state index is 0.0391. The van der Waals surface area contributed by atoms with E-state index in [-0.39, 0.29) is 17.9 Å². The van der Waals surface area contributed by atoms with Crippen molar-refractivity contribution in [2.75, 3.05) is 20.6 Å². The van der Waals surface area contributed by atoms with E-state index in [1.54, 1.807) is 21.0 Å². The number of aliphatic carboxylic acids is 1. The number of hydrogen-bond acceptors (Lipinski definition) is 4. The summed E-state index contributed by atoms with van der Waals surface area (Å²) >= 11 is 0. The summed E-state index contributed by atoms with van der Waals surface area (Å²) < 4.78 is 0. The third-order valence-corrected chi connectivity index (χ3v) is 3.81. The predicted molar refractivity (Wildman–Crippen MR) is 70.7 cm³/mol. The fraction of sp³-hybridized carbons (Fsp3) is 0.846. The number of nitrogens with one attached hydrogen (secondary N) is 1. The molecule has 0 aromatic rings. The van der Waals surface area contributed by atoms with Gasteiger partial charge in [-0.1, -0.05) is 0 Å². The minimum Gasteiger partial charge on any atom is -0.481 e. The molecule has 1 atom stereocenters. The standard InChI is InChI=1S/C13H24N2O4/c1-9(11(16)15(2)3)14-8-13(19)6-4-10(5-7-13)12(17)18/h9-10,14,19H,4-8H2,1-3H3,(H,17,18). The molecule has 0 bridgehead atoms. The second-order valence-electron chi connectivity index (χ2n) is 5.67. The molecule has 0 heterocycles. The van der Waals surface area contributed by atoms with Crippen LogP contribution in [0.25, 0.3) is 0 Å². The smallest absolute Gasteiger partial charge is 0.306 e. The van der Waals surface area contributed by atoms with Crippen LogP contribution in [-0.2, 0) is 9.59 Å². The molecular weight excluding hydrogens is 248 g/mol. The average Bonchev–Trinajstić information content (AvgIpc) is 2.35. The first-order valence-electron chi connectivity index (χ1n) is 6.65. The van der Waals surface area contributed by atoms with Crippen molar-refractivity contribution in [1.29, 1.82) is 0 Å². The summed E-state index contributed by atoms with van der Waals surface area (Å²) in [6.45, 7) is 2.08. The van der Waals surface area contributed by atoms with Crippen molar-refractivity contribution in [3.63, 3.8) is 0 Å². The van der Waals surface area contributed by atoms with Gasteiger partial charge < -0.3 is 20.4 Å². The summed E-state index contributed by atoms with van der Waals surface area (Å²) in [7, 11) is 3.38. The van der Waals surface area contributed by atoms with E-state index in [9.17, 15) is 14.7 Å². The van der Waals surface area contributed by atoms with Crippen LogP contribution < -0.4 is 5.32 Å². The number of nitrogens with zero attached hydrogens (tertiary/aromatic N) is 1. The van der Waals surface area contributed by atoms with Gasteiger partial charge in [0.2, 0.25) is 5.91 Å². The minimum atomic E-state index is -0.896. The molecule has 0 aromatic heterocycles. The molecule has 1 rings (SSSR count). The SMILES string of the molecule is CC(NCC1(O)CCC(C(=O)O)CC1)C(=O)N(C)C. The van der Waals surface area contributed by atoms with Gasteiger partial charge in [-0.05, 0) is 32.6 Å². The normalized spacial score (nSPS) is 28.7. The van der Waals surface area contributed by atoms with Gasteiger partial charge >= 0.3 is 5.97 Å². The summed E-state index contributed by atoms with van der Waals surface area (Å²) in [5.41, 5.74) is -0.896. The monoisotopic (exact) mass is 272 g/mol. The maximum absolute atomic E-state index is 11.7. The van der Waals surface area contributed by atoms with Crippen molar-refractivity contribution >= 4 is 11.9 Å². The zero-order valence-electron chi connectivity index (χ0n) is 11.8. The van der Waals surface area contributed by atoms with E-state index in [2.05, 4.69) is 5.32 Å². The summed E-state index contributed by atoms with van der Waals surface area (Å²) in [6.07, 6.45) is 1.90. The van der Waals surface area contributed by atoms with Crippen LogP contribution in [0.1, 0.15) is 32.6 Å². The Hall–Kier alpha value is -1.14. The first-order valence-corrected chi connectivity index (χ1v) is 6.65. The van der Waals surface area contributed by atoms with Crippen molar-refractivity contribution in [2.45, 2.75) is 44.2 Å². The number of likely N-dealkylation sites (N-methyl/N-ethyl adjacent to an activating group) is 1. The highest BCUT2D eigenvalue weighted by Gasteiger charge is 2.36. The van der Waals surface area contributed by atoms with E-state index in [4.69, 9.17) is 5.11 Å². The zero-order valence-corrected chi connectivity index (χ0v) is 11.8. The van der Waals surface area contributed by atoms with Gasteiger partial charge in [0.05, 0.1) is 17.6 Å². The molecule has 1 aliphatic carbocycles. The molecule has 110 valence electrons. The molecule has 6 heteroatoms. The van der Waals surface area contributed by atoms with Gasteiger partial charge in [0, 0.05) is 20.6 Å². The highest BCUT2D eigenvalue weighted by atomic mass is 16.4. The first-order chi connectivity index (χ1) is 8.75. The lowest BCUT2D eigenvalue weighted by atomic mass is 9.78. The highest BCUT2D eigenvalue weighted by molar-refractivity contribution is 5.80. The van der Waals surface area contributed by atoms with Gasteiger partial charge in [0.1, 0.15) is 0 Å². The molecule has 1 amide bonds. The predicted octanol–water partition coefficient (Wildman–Crippen LogP) is 0.0586. The molecule has 1 fully saturated rings. The Labute approximate surface area is 113 Å². The van der Waals surface area contributed by atoms with Gasteiger partial charge in [-0.2, -0.15) is 0 Å². The summed E-state index contributed by atoms with van der Waals surface area (Å²) in [5.74, 6) is -1.17. The molecular formula is C13H24N2O4. The van der Waals surface area contributed by atoms with Crippen molar-refractivity contribution in [1.82, 2.24) is 10.2 Å². The Balaban J connectivity index is 2.41. The van der Waals surface area contributed by atoms with Crippen LogP contribution in [0.15, 0.2) is 0 Å². The molecule has 0 aliphatic heterocycles. The fourth-order valence-corrected chi connectivity index (χ4v) is 2.40. The number of carbonyl (C=O) groups excluding carboxylic acids is 1. The zero-order chi connectivity index (χ0) is 14.6. The number of rotatable bonds is 5. The Kier molecular flexibility index (Phi) is 5.31. The lowest BCUT2D eigenvalue weighted by molar-refractivity contribution is -0.144. The van der Waals surface area contributed by atoms with E-state index >= 15 is 0 Å². The van der Waals surface area contributed by atoms with Crippen molar-refractivity contribution in [3.05, 3.63) is 0 Å². The Morgan fingerprint density at radius 1 is 1.37 bits per heavy atom. The third kappa shape index (κ3) is 4.47. The number of carboxylic acid groups (broad SMARTS) is 1. The maximum Gasteiger partial charge on any atom is 0.306 e. The number of amides is 1. The Bertz CT molecular complexity index is 336. The van der Waals surface area contributed by atoms with E-state index in [0.29, 0.717) is 32.2 Å². The molecule has 0 spiro atoms. The summed E-state index contributed by atoms with van der Waals surface area (Å²) in [4.78, 5) is 24.0. The Morgan fingerprint density at radius 2 is 1.89 bits per heavy atom. The van der Waals surface area contributed by atoms with Crippen LogP contribution >= 0.6 is 0 Å². The molecule has 19 heavy (non-hydrogen) atoms. The Morgan fingerprint density at radius 3 is 2.32 bits per heavy atom. The molecule has 6 nitrogen and oxygen atoms in total. The van der Waals surface area contributed by atoms with Crippen molar-refractivity contribution < 1.29 is 19.8 Å². The third-order valence-electron chi connectivity index (χ3n) is 3.81. The van der Waals surface area contributed by atoms with Crippen molar-refractivity contribution in [3.8, 4) is 0 Å². The maximum atomic E-state index is 11.7. The largest absolute Gasteiger partial charge is 0.481 e. The van der Waals surface area contributed by atoms with Crippen LogP contribution in [-0.4, -0.2) is 59.3 Å². The lowest BCUT2D eigenvalue weighted by Crippen LogP contribution is -2.50. The molecule has 0 aromatic carbocycles. The fourth-order valence-electron chi connectivity index (χ4n) is 2.40. The van der Waals surface area contributed by atoms with Crippen molar-refractivity contribution in [2.24, 2.45) is 5.92 Å². The number of carbonyl (C=O) groups is 2. The van der Waals surface area contributed by atoms with Crippen LogP contribution in [0, 0.1) is 5.92 Å². The van der Waals surface area contributed by atoms with Gasteiger partial charge in [0.15, 0.2) is 0 Å². The topological polar surface area (TPSA) is 89.9 Å². The number of aliphatic hydroxyl groups is 1. The quantitative estimate of drug-likeness (QED) is 0.658. The van der Waals surface area contributed by atoms with E-state index in [1.165, 1.54) is 4.90 Å². The van der Waals surface area contributed by atoms with Gasteiger partial charge in [-0.25, -0.2) is 0 Å². The summed E-state index contributed by atoms with van der Waals surface area (Å²) in [5, 5.41) is 22.3. The van der Waals surface area contributed by atoms with Crippen LogP contribution in [0.2, 0.25) is 0 Å². The van der Waals surface area contributed by atoms with Crippen LogP contribution in [0.4, 0.5) is 0 Å². The number of hydrogen-bond donors (Lipinski definition) is 3. The molecule has 0 saturated heterocycles. The van der Waals surface area contributed by atoms with E-state index in [1.807, 2.05) is 0 Å². The average molecular weight is 272 g/mol. The van der Waals surface area contributed by atoms with Crippen LogP contribution in [0.5, 0.6) is 0 Å². The van der Waals surface area contributed by atoms with Gasteiger partial charge in [-0.15, -0.1) is 0 Å². The molecule has 1 saturated carbocycles. The summed E-state index contributed by atoms with van der Waals surface area (Å²) in [6, 6.07) is -0.351. The second-order valence-corrected chi connectivity index (χ2v) is 5.67. The van der Waals surface area contributed by atoms with Gasteiger partial charge in [-0.3, -0.25) is 9.59 Å². The highest BCUT2D eigenvalue weighted by Crippen LogP contribution is 2.31. The van der Waals surface area contributed by atoms with E-state index < -0.39 is 11.6 Å². The molecule has 1 aliphatic rings. The first kappa shape index (κ1) is 15.9. The molecule has 3 N–H and O–H groups in total. The number of carboxylic acids is 1. The van der Waals surface area contributed by atoms with E-state index in [0.717, 1.165) is 0 Å². The lowest BCUT2D eigenvalue weighted by Gasteiger charge is -2.35. The molecule has 1 unspecified atom stereocenters. The molecule has 0 radical (unpaired) electrons.